The maximum atomic E-state index is 6.08. The van der Waals surface area contributed by atoms with Gasteiger partial charge < -0.3 is 4.74 Å². The highest BCUT2D eigenvalue weighted by Crippen LogP contribution is 2.33. The third-order valence-electron chi connectivity index (χ3n) is 2.69. The number of methoxy groups -OCH3 is 1. The Morgan fingerprint density at radius 1 is 1.11 bits per heavy atom. The number of hydrogen-bond acceptors (Lipinski definition) is 2. The molecule has 19 heavy (non-hydrogen) atoms. The topological polar surface area (TPSA) is 21.6 Å². The van der Waals surface area contributed by atoms with Crippen molar-refractivity contribution in [3.8, 4) is 5.75 Å². The van der Waals surface area contributed by atoms with E-state index in [1.54, 1.807) is 18.3 Å². The summed E-state index contributed by atoms with van der Waals surface area (Å²) in [5.41, 5.74) is 2.87. The fourth-order valence-corrected chi connectivity index (χ4v) is 2.36. The lowest BCUT2D eigenvalue weighted by atomic mass is 10.2. The van der Waals surface area contributed by atoms with Crippen LogP contribution >= 0.6 is 23.2 Å². The van der Waals surface area contributed by atoms with Crippen molar-refractivity contribution in [1.29, 1.82) is 0 Å². The standard InChI is InChI=1S/C15H13Cl2NO/c1-10-5-3-4-6-14(10)18-9-11-7-12(16)15(19-2)13(17)8-11/h3-9H,1-2H3. The predicted molar refractivity (Wildman–Crippen MR) is 81.4 cm³/mol. The Kier molecular flexibility index (Phi) is 4.46. The summed E-state index contributed by atoms with van der Waals surface area (Å²) in [6.45, 7) is 2.01. The number of nitrogens with zero attached hydrogens (tertiary/aromatic N) is 1. The van der Waals surface area contributed by atoms with Crippen molar-refractivity contribution in [2.45, 2.75) is 6.92 Å². The van der Waals surface area contributed by atoms with Crippen molar-refractivity contribution in [2.24, 2.45) is 4.99 Å². The third-order valence-corrected chi connectivity index (χ3v) is 3.25. The van der Waals surface area contributed by atoms with E-state index in [2.05, 4.69) is 4.99 Å². The first kappa shape index (κ1) is 13.9. The van der Waals surface area contributed by atoms with Gasteiger partial charge in [0.05, 0.1) is 22.8 Å². The van der Waals surface area contributed by atoms with Crippen LogP contribution in [0.25, 0.3) is 0 Å². The number of aryl methyl sites for hydroxylation is 1. The smallest absolute Gasteiger partial charge is 0.156 e. The van der Waals surface area contributed by atoms with Crippen LogP contribution in [0.3, 0.4) is 0 Å². The van der Waals surface area contributed by atoms with Gasteiger partial charge in [-0.25, -0.2) is 0 Å². The van der Waals surface area contributed by atoms with Crippen LogP contribution in [-0.2, 0) is 0 Å². The van der Waals surface area contributed by atoms with E-state index in [1.165, 1.54) is 7.11 Å². The molecular weight excluding hydrogens is 281 g/mol. The molecule has 0 atom stereocenters. The minimum Gasteiger partial charge on any atom is -0.494 e. The molecule has 2 nitrogen and oxygen atoms in total. The average Bonchev–Trinajstić information content (AvgIpc) is 2.37. The molecule has 0 fully saturated rings. The molecule has 0 radical (unpaired) electrons. The van der Waals surface area contributed by atoms with E-state index in [0.29, 0.717) is 15.8 Å². The maximum Gasteiger partial charge on any atom is 0.156 e. The summed E-state index contributed by atoms with van der Waals surface area (Å²) < 4.78 is 5.10. The molecule has 0 saturated carbocycles. The lowest BCUT2D eigenvalue weighted by molar-refractivity contribution is 0.415. The molecule has 0 aromatic heterocycles. The van der Waals surface area contributed by atoms with Crippen LogP contribution in [0.5, 0.6) is 5.75 Å². The molecule has 98 valence electrons. The molecule has 0 aliphatic rings. The van der Waals surface area contributed by atoms with Crippen LogP contribution in [0.2, 0.25) is 10.0 Å². The largest absolute Gasteiger partial charge is 0.494 e. The number of aliphatic imine (C=N–C) groups is 1. The number of hydrogen-bond donors (Lipinski definition) is 0. The van der Waals surface area contributed by atoms with E-state index in [9.17, 15) is 0 Å². The van der Waals surface area contributed by atoms with Gasteiger partial charge in [0.1, 0.15) is 0 Å². The Hall–Kier alpha value is -1.51. The van der Waals surface area contributed by atoms with Crippen LogP contribution in [0.15, 0.2) is 41.4 Å². The van der Waals surface area contributed by atoms with Crippen LogP contribution < -0.4 is 4.74 Å². The van der Waals surface area contributed by atoms with Crippen LogP contribution in [-0.4, -0.2) is 13.3 Å². The second-order valence-electron chi connectivity index (χ2n) is 4.06. The van der Waals surface area contributed by atoms with Gasteiger partial charge in [-0.05, 0) is 36.2 Å². The van der Waals surface area contributed by atoms with Crippen LogP contribution in [0.1, 0.15) is 11.1 Å². The minimum absolute atomic E-state index is 0.473. The molecule has 2 rings (SSSR count). The van der Waals surface area contributed by atoms with Gasteiger partial charge in [0, 0.05) is 6.21 Å². The van der Waals surface area contributed by atoms with Gasteiger partial charge in [-0.2, -0.15) is 0 Å². The van der Waals surface area contributed by atoms with E-state index in [1.807, 2.05) is 31.2 Å². The molecule has 0 unspecified atom stereocenters. The van der Waals surface area contributed by atoms with Gasteiger partial charge in [-0.3, -0.25) is 4.99 Å². The number of rotatable bonds is 3. The van der Waals surface area contributed by atoms with E-state index >= 15 is 0 Å². The van der Waals surface area contributed by atoms with Crippen LogP contribution in [0, 0.1) is 6.92 Å². The molecule has 0 saturated heterocycles. The number of para-hydroxylation sites is 1. The van der Waals surface area contributed by atoms with Gasteiger partial charge >= 0.3 is 0 Å². The summed E-state index contributed by atoms with van der Waals surface area (Å²) in [6.07, 6.45) is 1.74. The molecule has 2 aromatic rings. The predicted octanol–water partition coefficient (Wildman–Crippen LogP) is 5.06. The fraction of sp³-hybridized carbons (Fsp3) is 0.133. The zero-order valence-corrected chi connectivity index (χ0v) is 12.2. The normalized spacial score (nSPS) is 10.9. The molecule has 0 bridgehead atoms. The SMILES string of the molecule is COc1c(Cl)cc(C=Nc2ccccc2C)cc1Cl. The van der Waals surface area contributed by atoms with Gasteiger partial charge in [0.15, 0.2) is 5.75 Å². The summed E-state index contributed by atoms with van der Waals surface area (Å²) in [5, 5.41) is 0.947. The van der Waals surface area contributed by atoms with Crippen molar-refractivity contribution in [3.05, 3.63) is 57.6 Å². The first-order chi connectivity index (χ1) is 9.11. The van der Waals surface area contributed by atoms with Gasteiger partial charge in [0.25, 0.3) is 0 Å². The highest BCUT2D eigenvalue weighted by molar-refractivity contribution is 6.37. The molecule has 4 heteroatoms. The molecule has 0 spiro atoms. The molecule has 2 aromatic carbocycles. The first-order valence-corrected chi connectivity index (χ1v) is 6.50. The lowest BCUT2D eigenvalue weighted by Crippen LogP contribution is -1.89. The maximum absolute atomic E-state index is 6.08. The first-order valence-electron chi connectivity index (χ1n) is 5.74. The lowest BCUT2D eigenvalue weighted by Gasteiger charge is -2.06. The van der Waals surface area contributed by atoms with Crippen molar-refractivity contribution in [1.82, 2.24) is 0 Å². The average molecular weight is 294 g/mol. The minimum atomic E-state index is 0.473. The number of benzene rings is 2. The second-order valence-corrected chi connectivity index (χ2v) is 4.88. The molecule has 0 aliphatic carbocycles. The summed E-state index contributed by atoms with van der Waals surface area (Å²) in [7, 11) is 1.54. The van der Waals surface area contributed by atoms with Crippen molar-refractivity contribution in [3.63, 3.8) is 0 Å². The van der Waals surface area contributed by atoms with E-state index in [4.69, 9.17) is 27.9 Å². The third kappa shape index (κ3) is 3.28. The zero-order valence-electron chi connectivity index (χ0n) is 10.7. The van der Waals surface area contributed by atoms with Gasteiger partial charge in [-0.15, -0.1) is 0 Å². The number of halogens is 2. The molecule has 0 amide bonds. The van der Waals surface area contributed by atoms with Crippen molar-refractivity contribution in [2.75, 3.05) is 7.11 Å². The van der Waals surface area contributed by atoms with Crippen molar-refractivity contribution < 1.29 is 4.74 Å². The Balaban J connectivity index is 2.32. The van der Waals surface area contributed by atoms with E-state index < -0.39 is 0 Å². The monoisotopic (exact) mass is 293 g/mol. The molecule has 0 aliphatic heterocycles. The quantitative estimate of drug-likeness (QED) is 0.725. The fourth-order valence-electron chi connectivity index (χ4n) is 1.70. The van der Waals surface area contributed by atoms with E-state index in [0.717, 1.165) is 16.8 Å². The molecule has 0 heterocycles. The van der Waals surface area contributed by atoms with Gasteiger partial charge in [-0.1, -0.05) is 41.4 Å². The summed E-state index contributed by atoms with van der Waals surface area (Å²) >= 11 is 12.2. The second kappa shape index (κ2) is 6.09. The van der Waals surface area contributed by atoms with Crippen molar-refractivity contribution >= 4 is 35.1 Å². The molecule has 0 N–H and O–H groups in total. The Morgan fingerprint density at radius 2 is 1.74 bits per heavy atom. The molecular formula is C15H13Cl2NO. The Labute approximate surface area is 122 Å². The van der Waals surface area contributed by atoms with Gasteiger partial charge in [0.2, 0.25) is 0 Å². The highest BCUT2D eigenvalue weighted by Gasteiger charge is 2.07. The summed E-state index contributed by atoms with van der Waals surface area (Å²) in [4.78, 5) is 4.43. The Morgan fingerprint density at radius 3 is 2.32 bits per heavy atom. The Bertz CT molecular complexity index is 600. The summed E-state index contributed by atoms with van der Waals surface area (Å²) in [5.74, 6) is 0.483. The van der Waals surface area contributed by atoms with E-state index in [-0.39, 0.29) is 0 Å². The number of ether oxygens (including phenoxy) is 1. The van der Waals surface area contributed by atoms with Crippen LogP contribution in [0.4, 0.5) is 5.69 Å². The highest BCUT2D eigenvalue weighted by atomic mass is 35.5. The zero-order chi connectivity index (χ0) is 13.8. The summed E-state index contributed by atoms with van der Waals surface area (Å²) in [6, 6.07) is 11.4.